The number of ether oxygens (including phenoxy) is 2. The Bertz CT molecular complexity index is 925. The minimum Gasteiger partial charge on any atom is -0.478 e. The maximum absolute atomic E-state index is 12.5. The van der Waals surface area contributed by atoms with Gasteiger partial charge in [0.25, 0.3) is 5.88 Å². The lowest BCUT2D eigenvalue weighted by Crippen LogP contribution is -2.19. The van der Waals surface area contributed by atoms with Gasteiger partial charge in [0.15, 0.2) is 6.61 Å². The van der Waals surface area contributed by atoms with Crippen molar-refractivity contribution in [3.05, 3.63) is 35.7 Å². The van der Waals surface area contributed by atoms with Crippen LogP contribution in [0.3, 0.4) is 0 Å². The first-order chi connectivity index (χ1) is 11.8. The Morgan fingerprint density at radius 3 is 2.64 bits per heavy atom. The van der Waals surface area contributed by atoms with Crippen molar-refractivity contribution < 1.29 is 22.6 Å². The second kappa shape index (κ2) is 6.44. The van der Waals surface area contributed by atoms with Crippen LogP contribution in [0.4, 0.5) is 13.2 Å². The summed E-state index contributed by atoms with van der Waals surface area (Å²) in [5.74, 6) is -0.341. The lowest BCUT2D eigenvalue weighted by atomic mass is 10.1. The summed E-state index contributed by atoms with van der Waals surface area (Å²) in [6, 6.07) is 5.25. The van der Waals surface area contributed by atoms with Crippen molar-refractivity contribution in [2.45, 2.75) is 6.18 Å². The van der Waals surface area contributed by atoms with Gasteiger partial charge in [-0.2, -0.15) is 13.2 Å². The van der Waals surface area contributed by atoms with Crippen LogP contribution >= 0.6 is 11.6 Å². The molecule has 0 fully saturated rings. The van der Waals surface area contributed by atoms with Crippen LogP contribution in [0.5, 0.6) is 11.6 Å². The van der Waals surface area contributed by atoms with Gasteiger partial charge >= 0.3 is 6.18 Å². The molecule has 25 heavy (non-hydrogen) atoms. The molecule has 0 saturated carbocycles. The van der Waals surface area contributed by atoms with E-state index in [1.165, 1.54) is 7.11 Å². The van der Waals surface area contributed by atoms with E-state index in [0.29, 0.717) is 10.9 Å². The Morgan fingerprint density at radius 1 is 1.28 bits per heavy atom. The highest BCUT2D eigenvalue weighted by atomic mass is 35.5. The van der Waals surface area contributed by atoms with Crippen LogP contribution in [0, 0.1) is 0 Å². The van der Waals surface area contributed by atoms with Crippen molar-refractivity contribution in [2.24, 2.45) is 7.05 Å². The molecule has 1 aromatic carbocycles. The molecule has 2 aromatic heterocycles. The number of halogens is 4. The van der Waals surface area contributed by atoms with Crippen molar-refractivity contribution in [3.63, 3.8) is 0 Å². The molecule has 3 aromatic rings. The first kappa shape index (κ1) is 17.3. The number of imidazole rings is 1. The molecule has 132 valence electrons. The van der Waals surface area contributed by atoms with Gasteiger partial charge in [-0.05, 0) is 12.1 Å². The largest absolute Gasteiger partial charge is 0.478 e. The van der Waals surface area contributed by atoms with Crippen molar-refractivity contribution in [3.8, 4) is 22.9 Å². The average Bonchev–Trinajstić information content (AvgIpc) is 2.98. The molecule has 0 saturated heterocycles. The Morgan fingerprint density at radius 2 is 2.04 bits per heavy atom. The molecular formula is C16H13ClF3N3O2. The fourth-order valence-electron chi connectivity index (χ4n) is 2.40. The maximum atomic E-state index is 12.5. The summed E-state index contributed by atoms with van der Waals surface area (Å²) in [4.78, 5) is 8.23. The van der Waals surface area contributed by atoms with Gasteiger partial charge in [-0.25, -0.2) is 9.97 Å². The number of benzene rings is 1. The third-order valence-corrected chi connectivity index (χ3v) is 3.91. The normalized spacial score (nSPS) is 11.8. The zero-order chi connectivity index (χ0) is 18.2. The minimum atomic E-state index is -4.50. The van der Waals surface area contributed by atoms with Gasteiger partial charge < -0.3 is 14.0 Å². The third kappa shape index (κ3) is 3.48. The number of pyridine rings is 1. The maximum Gasteiger partial charge on any atom is 0.422 e. The van der Waals surface area contributed by atoms with Crippen LogP contribution in [0.15, 0.2) is 30.7 Å². The van der Waals surface area contributed by atoms with Crippen molar-refractivity contribution >= 4 is 22.5 Å². The molecular weight excluding hydrogens is 359 g/mol. The van der Waals surface area contributed by atoms with Crippen molar-refractivity contribution in [1.82, 2.24) is 14.5 Å². The van der Waals surface area contributed by atoms with Crippen LogP contribution in [0.2, 0.25) is 5.02 Å². The summed E-state index contributed by atoms with van der Waals surface area (Å²) in [7, 11) is 3.12. The van der Waals surface area contributed by atoms with E-state index in [9.17, 15) is 13.2 Å². The molecule has 0 bridgehead atoms. The van der Waals surface area contributed by atoms with Crippen LogP contribution < -0.4 is 9.47 Å². The van der Waals surface area contributed by atoms with Gasteiger partial charge in [0.05, 0.1) is 35.9 Å². The van der Waals surface area contributed by atoms with E-state index in [1.54, 1.807) is 24.7 Å². The van der Waals surface area contributed by atoms with E-state index in [4.69, 9.17) is 21.1 Å². The summed E-state index contributed by atoms with van der Waals surface area (Å²) >= 11 is 6.29. The molecule has 2 heterocycles. The van der Waals surface area contributed by atoms with Gasteiger partial charge in [-0.1, -0.05) is 17.7 Å². The number of hydrogen-bond acceptors (Lipinski definition) is 4. The number of aromatic nitrogens is 3. The second-order valence-electron chi connectivity index (χ2n) is 5.29. The van der Waals surface area contributed by atoms with Gasteiger partial charge in [-0.3, -0.25) is 0 Å². The highest BCUT2D eigenvalue weighted by molar-refractivity contribution is 6.37. The number of hydrogen-bond donors (Lipinski definition) is 0. The number of nitrogens with zero attached hydrogens (tertiary/aromatic N) is 3. The van der Waals surface area contributed by atoms with Crippen molar-refractivity contribution in [1.29, 1.82) is 0 Å². The first-order valence-electron chi connectivity index (χ1n) is 7.13. The second-order valence-corrected chi connectivity index (χ2v) is 5.67. The molecule has 9 heteroatoms. The molecule has 0 unspecified atom stereocenters. The summed E-state index contributed by atoms with van der Waals surface area (Å²) in [6.07, 6.45) is -1.18. The molecule has 0 N–H and O–H groups in total. The number of aryl methyl sites for hydroxylation is 1. The Kier molecular flexibility index (Phi) is 4.47. The Balaban J connectivity index is 2.12. The van der Waals surface area contributed by atoms with Gasteiger partial charge in [0, 0.05) is 18.0 Å². The topological polar surface area (TPSA) is 49.2 Å². The predicted octanol–water partition coefficient (Wildman–Crippen LogP) is 4.24. The van der Waals surface area contributed by atoms with Gasteiger partial charge in [0.2, 0.25) is 5.75 Å². The highest BCUT2D eigenvalue weighted by Crippen LogP contribution is 2.40. The zero-order valence-electron chi connectivity index (χ0n) is 13.3. The monoisotopic (exact) mass is 371 g/mol. The lowest BCUT2D eigenvalue weighted by Gasteiger charge is -2.15. The van der Waals surface area contributed by atoms with Crippen LogP contribution in [-0.4, -0.2) is 34.4 Å². The van der Waals surface area contributed by atoms with Gasteiger partial charge in [0.1, 0.15) is 0 Å². The minimum absolute atomic E-state index is 0.00937. The number of rotatable bonds is 4. The van der Waals surface area contributed by atoms with Crippen LogP contribution in [0.25, 0.3) is 22.2 Å². The van der Waals surface area contributed by atoms with E-state index in [2.05, 4.69) is 9.97 Å². The zero-order valence-corrected chi connectivity index (χ0v) is 14.0. The third-order valence-electron chi connectivity index (χ3n) is 3.53. The van der Waals surface area contributed by atoms with E-state index in [-0.39, 0.29) is 16.7 Å². The van der Waals surface area contributed by atoms with Gasteiger partial charge in [-0.15, -0.1) is 0 Å². The number of fused-ring (bicyclic) bond motifs is 1. The fraction of sp³-hybridized carbons (Fsp3) is 0.250. The summed E-state index contributed by atoms with van der Waals surface area (Å²) in [5, 5.41) is 0.466. The molecule has 0 aliphatic rings. The quantitative estimate of drug-likeness (QED) is 0.688. The average molecular weight is 372 g/mol. The summed E-state index contributed by atoms with van der Waals surface area (Å²) in [5.41, 5.74) is 2.10. The molecule has 0 aliphatic carbocycles. The van der Waals surface area contributed by atoms with E-state index < -0.39 is 12.8 Å². The summed E-state index contributed by atoms with van der Waals surface area (Å²) in [6.45, 7) is -1.49. The van der Waals surface area contributed by atoms with E-state index >= 15 is 0 Å². The van der Waals surface area contributed by atoms with Crippen LogP contribution in [-0.2, 0) is 7.05 Å². The lowest BCUT2D eigenvalue weighted by molar-refractivity contribution is -0.153. The molecule has 0 aliphatic heterocycles. The van der Waals surface area contributed by atoms with E-state index in [0.717, 1.165) is 11.3 Å². The SMILES string of the molecule is COc1nc2ccc(-c3cncn3C)cc2c(Cl)c1OCC(F)(F)F. The fourth-order valence-corrected chi connectivity index (χ4v) is 2.68. The van der Waals surface area contributed by atoms with Crippen LogP contribution in [0.1, 0.15) is 0 Å². The predicted molar refractivity (Wildman–Crippen MR) is 87.1 cm³/mol. The molecule has 0 atom stereocenters. The first-order valence-corrected chi connectivity index (χ1v) is 7.51. The number of alkyl halides is 3. The standard InChI is InChI=1S/C16H13ClF3N3O2/c1-23-8-21-6-12(23)9-3-4-11-10(5-9)13(17)14(15(22-11)24-2)25-7-16(18,19)20/h3-6,8H,7H2,1-2H3. The molecule has 0 radical (unpaired) electrons. The Hall–Kier alpha value is -2.48. The molecule has 5 nitrogen and oxygen atoms in total. The summed E-state index contributed by atoms with van der Waals surface area (Å²) < 4.78 is 49.1. The Labute approximate surface area is 146 Å². The van der Waals surface area contributed by atoms with E-state index in [1.807, 2.05) is 17.7 Å². The number of methoxy groups -OCH3 is 1. The van der Waals surface area contributed by atoms with Crippen molar-refractivity contribution in [2.75, 3.05) is 13.7 Å². The smallest absolute Gasteiger partial charge is 0.422 e. The molecule has 0 amide bonds. The highest BCUT2D eigenvalue weighted by Gasteiger charge is 2.30. The molecule has 0 spiro atoms. The molecule has 3 rings (SSSR count).